The van der Waals surface area contributed by atoms with Crippen LogP contribution < -0.4 is 10.1 Å². The van der Waals surface area contributed by atoms with Crippen LogP contribution in [0.25, 0.3) is 0 Å². The van der Waals surface area contributed by atoms with Crippen molar-refractivity contribution in [2.75, 3.05) is 11.9 Å². The fraction of sp³-hybridized carbons (Fsp3) is 0.150. The summed E-state index contributed by atoms with van der Waals surface area (Å²) in [6.45, 7) is 2.31. The number of ether oxygens (including phenoxy) is 2. The van der Waals surface area contributed by atoms with Crippen LogP contribution in [-0.2, 0) is 11.3 Å². The van der Waals surface area contributed by atoms with Gasteiger partial charge in [-0.1, -0.05) is 40.2 Å². The quantitative estimate of drug-likeness (QED) is 0.506. The van der Waals surface area contributed by atoms with E-state index < -0.39 is 5.97 Å². The molecular formula is C20H17BrN2O4S. The molecular weight excluding hydrogens is 444 g/mol. The van der Waals surface area contributed by atoms with Gasteiger partial charge in [-0.05, 0) is 36.8 Å². The topological polar surface area (TPSA) is 77.5 Å². The molecule has 0 aliphatic heterocycles. The van der Waals surface area contributed by atoms with E-state index in [0.29, 0.717) is 23.1 Å². The zero-order chi connectivity index (χ0) is 19.9. The van der Waals surface area contributed by atoms with Gasteiger partial charge in [0.25, 0.3) is 5.91 Å². The van der Waals surface area contributed by atoms with Crippen molar-refractivity contribution in [3.63, 3.8) is 0 Å². The molecule has 0 aliphatic carbocycles. The molecule has 0 spiro atoms. The van der Waals surface area contributed by atoms with E-state index in [1.165, 1.54) is 0 Å². The predicted octanol–water partition coefficient (Wildman–Crippen LogP) is 4.91. The molecule has 0 radical (unpaired) electrons. The molecule has 0 saturated heterocycles. The normalized spacial score (nSPS) is 10.4. The van der Waals surface area contributed by atoms with Gasteiger partial charge in [-0.15, -0.1) is 11.3 Å². The molecule has 1 aromatic heterocycles. The van der Waals surface area contributed by atoms with E-state index >= 15 is 0 Å². The summed E-state index contributed by atoms with van der Waals surface area (Å²) in [6.07, 6.45) is 0. The number of carbonyl (C=O) groups is 2. The van der Waals surface area contributed by atoms with Gasteiger partial charge in [0, 0.05) is 9.85 Å². The highest BCUT2D eigenvalue weighted by molar-refractivity contribution is 9.10. The highest BCUT2D eigenvalue weighted by Crippen LogP contribution is 2.23. The lowest BCUT2D eigenvalue weighted by molar-refractivity contribution is 0.0520. The van der Waals surface area contributed by atoms with Crippen LogP contribution in [0.3, 0.4) is 0 Å². The third-order valence-corrected chi connectivity index (χ3v) is 4.88. The van der Waals surface area contributed by atoms with Crippen LogP contribution in [-0.4, -0.2) is 23.5 Å². The van der Waals surface area contributed by atoms with E-state index in [-0.39, 0.29) is 18.2 Å². The summed E-state index contributed by atoms with van der Waals surface area (Å²) in [7, 11) is 0. The molecule has 0 atom stereocenters. The number of amides is 1. The lowest BCUT2D eigenvalue weighted by Gasteiger charge is -2.11. The maximum absolute atomic E-state index is 12.7. The Labute approximate surface area is 174 Å². The lowest BCUT2D eigenvalue weighted by Crippen LogP contribution is -2.14. The Bertz CT molecular complexity index is 990. The fourth-order valence-electron chi connectivity index (χ4n) is 2.36. The summed E-state index contributed by atoms with van der Waals surface area (Å²) in [5.74, 6) is -0.422. The molecule has 8 heteroatoms. The van der Waals surface area contributed by atoms with Crippen LogP contribution in [0.1, 0.15) is 33.3 Å². The first-order valence-electron chi connectivity index (χ1n) is 8.47. The zero-order valence-electron chi connectivity index (χ0n) is 15.0. The van der Waals surface area contributed by atoms with Gasteiger partial charge >= 0.3 is 5.97 Å². The van der Waals surface area contributed by atoms with Crippen molar-refractivity contribution >= 4 is 44.3 Å². The van der Waals surface area contributed by atoms with Crippen LogP contribution in [0.5, 0.6) is 5.75 Å². The molecule has 3 aromatic rings. The van der Waals surface area contributed by atoms with Gasteiger partial charge in [0.2, 0.25) is 0 Å². The standard InChI is InChI=1S/C20H17BrN2O4S/c1-2-26-19(25)16-12-28-20(22-16)23-18(24)15-8-3-4-9-17(15)27-11-13-6-5-7-14(21)10-13/h3-10,12H,2,11H2,1H3,(H,22,23,24). The molecule has 0 bridgehead atoms. The molecule has 1 N–H and O–H groups in total. The van der Waals surface area contributed by atoms with Crippen molar-refractivity contribution in [3.8, 4) is 5.75 Å². The first-order chi connectivity index (χ1) is 13.6. The third-order valence-electron chi connectivity index (χ3n) is 3.62. The van der Waals surface area contributed by atoms with E-state index in [9.17, 15) is 9.59 Å². The molecule has 6 nitrogen and oxygen atoms in total. The Hall–Kier alpha value is -2.71. The van der Waals surface area contributed by atoms with E-state index in [1.807, 2.05) is 24.3 Å². The minimum Gasteiger partial charge on any atom is -0.488 e. The number of hydrogen-bond acceptors (Lipinski definition) is 6. The van der Waals surface area contributed by atoms with Crippen LogP contribution in [0.4, 0.5) is 5.13 Å². The van der Waals surface area contributed by atoms with Gasteiger partial charge < -0.3 is 9.47 Å². The van der Waals surface area contributed by atoms with Gasteiger partial charge in [0.1, 0.15) is 12.4 Å². The molecule has 0 aliphatic rings. The summed E-state index contributed by atoms with van der Waals surface area (Å²) in [5, 5.41) is 4.56. The average molecular weight is 461 g/mol. The summed E-state index contributed by atoms with van der Waals surface area (Å²) in [5.41, 5.74) is 1.52. The number of hydrogen-bond donors (Lipinski definition) is 1. The zero-order valence-corrected chi connectivity index (χ0v) is 17.4. The van der Waals surface area contributed by atoms with Gasteiger partial charge in [0.05, 0.1) is 12.2 Å². The average Bonchev–Trinajstić information content (AvgIpc) is 3.15. The number of aromatic nitrogens is 1. The second kappa shape index (κ2) is 9.48. The number of rotatable bonds is 7. The summed E-state index contributed by atoms with van der Waals surface area (Å²) >= 11 is 4.58. The fourth-order valence-corrected chi connectivity index (χ4v) is 3.48. The minimum atomic E-state index is -0.517. The van der Waals surface area contributed by atoms with E-state index in [1.54, 1.807) is 36.6 Å². The number of halogens is 1. The lowest BCUT2D eigenvalue weighted by atomic mass is 10.2. The predicted molar refractivity (Wildman–Crippen MR) is 111 cm³/mol. The van der Waals surface area contributed by atoms with E-state index in [4.69, 9.17) is 9.47 Å². The SMILES string of the molecule is CCOC(=O)c1csc(NC(=O)c2ccccc2OCc2cccc(Br)c2)n1. The van der Waals surface area contributed by atoms with Crippen molar-refractivity contribution in [2.24, 2.45) is 0 Å². The molecule has 1 amide bonds. The number of benzene rings is 2. The molecule has 1 heterocycles. The van der Waals surface area contributed by atoms with Gasteiger partial charge in [-0.2, -0.15) is 0 Å². The Balaban J connectivity index is 1.69. The minimum absolute atomic E-state index is 0.168. The van der Waals surface area contributed by atoms with Crippen LogP contribution >= 0.6 is 27.3 Å². The van der Waals surface area contributed by atoms with Crippen molar-refractivity contribution in [1.82, 2.24) is 4.98 Å². The van der Waals surface area contributed by atoms with Gasteiger partial charge in [0.15, 0.2) is 10.8 Å². The maximum Gasteiger partial charge on any atom is 0.357 e. The summed E-state index contributed by atoms with van der Waals surface area (Å²) < 4.78 is 11.7. The number of esters is 1. The molecule has 144 valence electrons. The first-order valence-corrected chi connectivity index (χ1v) is 10.1. The number of para-hydroxylation sites is 1. The number of anilines is 1. The molecule has 0 saturated carbocycles. The molecule has 2 aromatic carbocycles. The number of nitrogens with one attached hydrogen (secondary N) is 1. The van der Waals surface area contributed by atoms with Crippen molar-refractivity contribution in [1.29, 1.82) is 0 Å². The Morgan fingerprint density at radius 1 is 1.18 bits per heavy atom. The molecule has 28 heavy (non-hydrogen) atoms. The van der Waals surface area contributed by atoms with Crippen LogP contribution in [0.2, 0.25) is 0 Å². The Morgan fingerprint density at radius 3 is 2.79 bits per heavy atom. The molecule has 0 fully saturated rings. The van der Waals surface area contributed by atoms with E-state index in [2.05, 4.69) is 26.2 Å². The monoisotopic (exact) mass is 460 g/mol. The maximum atomic E-state index is 12.7. The number of carbonyl (C=O) groups excluding carboxylic acids is 2. The second-order valence-corrected chi connectivity index (χ2v) is 7.40. The van der Waals surface area contributed by atoms with Gasteiger partial charge in [-0.3, -0.25) is 10.1 Å². The van der Waals surface area contributed by atoms with Crippen molar-refractivity contribution in [3.05, 3.63) is 75.2 Å². The van der Waals surface area contributed by atoms with Crippen LogP contribution in [0.15, 0.2) is 58.4 Å². The first kappa shape index (κ1) is 20.0. The second-order valence-electron chi connectivity index (χ2n) is 5.63. The van der Waals surface area contributed by atoms with Crippen LogP contribution in [0, 0.1) is 0 Å². The molecule has 3 rings (SSSR count). The summed E-state index contributed by atoms with van der Waals surface area (Å²) in [4.78, 5) is 28.4. The Kier molecular flexibility index (Phi) is 6.78. The highest BCUT2D eigenvalue weighted by Gasteiger charge is 2.16. The number of thiazole rings is 1. The summed E-state index contributed by atoms with van der Waals surface area (Å²) in [6, 6.07) is 14.7. The molecule has 0 unspecified atom stereocenters. The number of nitrogens with zero attached hydrogens (tertiary/aromatic N) is 1. The highest BCUT2D eigenvalue weighted by atomic mass is 79.9. The van der Waals surface area contributed by atoms with Crippen molar-refractivity contribution in [2.45, 2.75) is 13.5 Å². The largest absolute Gasteiger partial charge is 0.488 e. The van der Waals surface area contributed by atoms with Gasteiger partial charge in [-0.25, -0.2) is 9.78 Å². The Morgan fingerprint density at radius 2 is 2.00 bits per heavy atom. The van der Waals surface area contributed by atoms with Crippen molar-refractivity contribution < 1.29 is 19.1 Å². The van der Waals surface area contributed by atoms with E-state index in [0.717, 1.165) is 21.4 Å². The third kappa shape index (κ3) is 5.17. The smallest absolute Gasteiger partial charge is 0.357 e.